The molecule has 0 aliphatic carbocycles. The number of imidazole rings is 1. The normalized spacial score (nSPS) is 15.8. The molecule has 1 amide bonds. The molecule has 0 spiro atoms. The lowest BCUT2D eigenvalue weighted by molar-refractivity contribution is -0.147. The van der Waals surface area contributed by atoms with Gasteiger partial charge in [0.15, 0.2) is 0 Å². The Hall–Kier alpha value is -2.49. The highest BCUT2D eigenvalue weighted by Gasteiger charge is 2.38. The zero-order valence-electron chi connectivity index (χ0n) is 16.5. The third-order valence-electron chi connectivity index (χ3n) is 5.49. The Morgan fingerprint density at radius 1 is 1.23 bits per heavy atom. The lowest BCUT2D eigenvalue weighted by Gasteiger charge is -2.32. The number of hydrogen-bond acceptors (Lipinski definition) is 5. The molecule has 1 saturated heterocycles. The van der Waals surface area contributed by atoms with Crippen molar-refractivity contribution in [3.8, 4) is 0 Å². The number of likely N-dealkylation sites (tertiary alicyclic amines) is 1. The third-order valence-corrected chi connectivity index (χ3v) is 6.24. The fraction of sp³-hybridized carbons (Fsp3) is 0.500. The summed E-state index contributed by atoms with van der Waals surface area (Å²) < 4.78 is 45.8. The van der Waals surface area contributed by atoms with Crippen LogP contribution >= 0.6 is 11.5 Å². The van der Waals surface area contributed by atoms with Gasteiger partial charge in [0.1, 0.15) is 4.88 Å². The van der Waals surface area contributed by atoms with Crippen LogP contribution in [0.25, 0.3) is 11.0 Å². The Bertz CT molecular complexity index is 1040. The maximum Gasteiger partial charge on any atom is 0.449 e. The van der Waals surface area contributed by atoms with E-state index in [1.165, 1.54) is 4.57 Å². The molecule has 4 rings (SSSR count). The third kappa shape index (κ3) is 4.05. The van der Waals surface area contributed by atoms with Crippen LogP contribution in [0.15, 0.2) is 24.3 Å². The highest BCUT2D eigenvalue weighted by Crippen LogP contribution is 2.33. The van der Waals surface area contributed by atoms with Gasteiger partial charge in [0.2, 0.25) is 5.82 Å². The summed E-state index contributed by atoms with van der Waals surface area (Å²) in [7, 11) is 0. The second-order valence-corrected chi connectivity index (χ2v) is 8.32. The minimum Gasteiger partial charge on any atom is -0.338 e. The highest BCUT2D eigenvalue weighted by atomic mass is 32.1. The Balaban J connectivity index is 1.47. The molecule has 1 aliphatic heterocycles. The van der Waals surface area contributed by atoms with E-state index in [0.29, 0.717) is 48.3 Å². The minimum atomic E-state index is -4.51. The molecule has 0 bridgehead atoms. The average molecular weight is 437 g/mol. The van der Waals surface area contributed by atoms with E-state index in [1.807, 2.05) is 6.92 Å². The first-order valence-corrected chi connectivity index (χ1v) is 10.8. The van der Waals surface area contributed by atoms with E-state index in [-0.39, 0.29) is 18.4 Å². The number of aromatic nitrogens is 4. The molecular formula is C20H22F3N5OS. The van der Waals surface area contributed by atoms with Gasteiger partial charge in [0.25, 0.3) is 5.91 Å². The number of halogens is 3. The maximum atomic E-state index is 13.5. The predicted molar refractivity (Wildman–Crippen MR) is 107 cm³/mol. The summed E-state index contributed by atoms with van der Waals surface area (Å²) in [6, 6.07) is 6.67. The van der Waals surface area contributed by atoms with Crippen molar-refractivity contribution < 1.29 is 18.0 Å². The monoisotopic (exact) mass is 437 g/mol. The number of nitrogens with zero attached hydrogens (tertiary/aromatic N) is 5. The second-order valence-electron chi connectivity index (χ2n) is 7.57. The van der Waals surface area contributed by atoms with Crippen LogP contribution in [0.3, 0.4) is 0 Å². The summed E-state index contributed by atoms with van der Waals surface area (Å²) in [4.78, 5) is 19.0. The largest absolute Gasteiger partial charge is 0.449 e. The molecule has 30 heavy (non-hydrogen) atoms. The lowest BCUT2D eigenvalue weighted by Crippen LogP contribution is -2.39. The van der Waals surface area contributed by atoms with E-state index in [9.17, 15) is 18.0 Å². The fourth-order valence-electron chi connectivity index (χ4n) is 3.97. The lowest BCUT2D eigenvalue weighted by atomic mass is 9.96. The number of para-hydroxylation sites is 2. The van der Waals surface area contributed by atoms with Crippen LogP contribution < -0.4 is 0 Å². The van der Waals surface area contributed by atoms with E-state index in [4.69, 9.17) is 0 Å². The van der Waals surface area contributed by atoms with E-state index >= 15 is 0 Å². The van der Waals surface area contributed by atoms with E-state index in [1.54, 1.807) is 29.2 Å². The van der Waals surface area contributed by atoms with E-state index in [2.05, 4.69) is 14.6 Å². The summed E-state index contributed by atoms with van der Waals surface area (Å²) in [5.74, 6) is -0.888. The minimum absolute atomic E-state index is 0.0439. The smallest absolute Gasteiger partial charge is 0.338 e. The number of alkyl halides is 3. The van der Waals surface area contributed by atoms with Crippen molar-refractivity contribution in [3.63, 3.8) is 0 Å². The molecule has 0 atom stereocenters. The van der Waals surface area contributed by atoms with Crippen molar-refractivity contribution in [1.82, 2.24) is 24.0 Å². The van der Waals surface area contributed by atoms with Crippen LogP contribution in [-0.4, -0.2) is 43.0 Å². The molecule has 0 saturated carbocycles. The first-order valence-electron chi connectivity index (χ1n) is 10.0. The molecule has 160 valence electrons. The van der Waals surface area contributed by atoms with Gasteiger partial charge in [-0.25, -0.2) is 4.98 Å². The van der Waals surface area contributed by atoms with Crippen LogP contribution in [0.2, 0.25) is 0 Å². The molecule has 0 unspecified atom stereocenters. The molecule has 0 N–H and O–H groups in total. The van der Waals surface area contributed by atoms with Crippen LogP contribution in [0.5, 0.6) is 0 Å². The molecule has 0 radical (unpaired) electrons. The van der Waals surface area contributed by atoms with Crippen LogP contribution in [-0.2, 0) is 19.1 Å². The molecule has 2 aromatic heterocycles. The Morgan fingerprint density at radius 3 is 2.67 bits per heavy atom. The number of hydrogen-bond donors (Lipinski definition) is 0. The fourth-order valence-corrected chi connectivity index (χ4v) is 4.65. The molecule has 3 aromatic rings. The quantitative estimate of drug-likeness (QED) is 0.593. The average Bonchev–Trinajstić information content (AvgIpc) is 3.33. The Morgan fingerprint density at radius 2 is 1.97 bits per heavy atom. The van der Waals surface area contributed by atoms with Gasteiger partial charge < -0.3 is 9.47 Å². The number of rotatable bonds is 5. The Labute approximate surface area is 175 Å². The zero-order valence-corrected chi connectivity index (χ0v) is 17.3. The number of benzene rings is 1. The number of aryl methyl sites for hydroxylation is 1. The van der Waals surface area contributed by atoms with Crippen LogP contribution in [0, 0.1) is 5.92 Å². The molecule has 6 nitrogen and oxygen atoms in total. The van der Waals surface area contributed by atoms with Crippen molar-refractivity contribution in [2.45, 2.75) is 45.3 Å². The highest BCUT2D eigenvalue weighted by molar-refractivity contribution is 7.08. The molecule has 1 aliphatic rings. The SMILES string of the molecule is CCCc1nnsc1C(=O)N1CCC(Cn2c(C(F)(F)F)nc3ccccc32)CC1. The molecule has 1 fully saturated rings. The Kier molecular flexibility index (Phi) is 5.77. The van der Waals surface area contributed by atoms with Gasteiger partial charge in [-0.1, -0.05) is 30.0 Å². The number of amides is 1. The number of carbonyl (C=O) groups is 1. The summed E-state index contributed by atoms with van der Waals surface area (Å²) >= 11 is 1.11. The first kappa shape index (κ1) is 20.8. The molecule has 1 aromatic carbocycles. The van der Waals surface area contributed by atoms with Gasteiger partial charge in [-0.3, -0.25) is 4.79 Å². The first-order chi connectivity index (χ1) is 14.4. The van der Waals surface area contributed by atoms with Gasteiger partial charge in [0.05, 0.1) is 16.7 Å². The molecule has 3 heterocycles. The summed E-state index contributed by atoms with van der Waals surface area (Å²) in [5, 5.41) is 4.05. The van der Waals surface area contributed by atoms with Crippen molar-refractivity contribution in [1.29, 1.82) is 0 Å². The predicted octanol–water partition coefficient (Wildman–Crippen LogP) is 4.41. The zero-order chi connectivity index (χ0) is 21.3. The van der Waals surface area contributed by atoms with Crippen molar-refractivity contribution >= 4 is 28.5 Å². The van der Waals surface area contributed by atoms with Gasteiger partial charge in [0, 0.05) is 19.6 Å². The maximum absolute atomic E-state index is 13.5. The van der Waals surface area contributed by atoms with Gasteiger partial charge in [-0.15, -0.1) is 5.10 Å². The topological polar surface area (TPSA) is 63.9 Å². The molecule has 10 heteroatoms. The van der Waals surface area contributed by atoms with Gasteiger partial charge >= 0.3 is 6.18 Å². The van der Waals surface area contributed by atoms with Gasteiger partial charge in [-0.05, 0) is 48.8 Å². The van der Waals surface area contributed by atoms with Crippen molar-refractivity contribution in [3.05, 3.63) is 40.7 Å². The molecular weight excluding hydrogens is 415 g/mol. The number of fused-ring (bicyclic) bond motifs is 1. The van der Waals surface area contributed by atoms with E-state index in [0.717, 1.165) is 23.6 Å². The summed E-state index contributed by atoms with van der Waals surface area (Å²) in [6.07, 6.45) is -1.63. The van der Waals surface area contributed by atoms with Crippen molar-refractivity contribution in [2.75, 3.05) is 13.1 Å². The summed E-state index contributed by atoms with van der Waals surface area (Å²) in [6.45, 7) is 3.29. The second kappa shape index (κ2) is 8.33. The van der Waals surface area contributed by atoms with Crippen LogP contribution in [0.4, 0.5) is 13.2 Å². The van der Waals surface area contributed by atoms with Crippen LogP contribution in [0.1, 0.15) is 47.4 Å². The van der Waals surface area contributed by atoms with E-state index < -0.39 is 12.0 Å². The summed E-state index contributed by atoms with van der Waals surface area (Å²) in [5.41, 5.74) is 1.57. The number of carbonyl (C=O) groups excluding carboxylic acids is 1. The van der Waals surface area contributed by atoms with Gasteiger partial charge in [-0.2, -0.15) is 13.2 Å². The standard InChI is InChI=1S/C20H22F3N5OS/c1-2-5-15-17(30-26-25-15)18(29)27-10-8-13(9-11-27)12-28-16-7-4-3-6-14(16)24-19(28)20(21,22)23/h3-4,6-7,13H,2,5,8-12H2,1H3. The van der Waals surface area contributed by atoms with Crippen molar-refractivity contribution in [2.24, 2.45) is 5.92 Å². The number of piperidine rings is 1.